The summed E-state index contributed by atoms with van der Waals surface area (Å²) in [5.41, 5.74) is 0.850. The van der Waals surface area contributed by atoms with Gasteiger partial charge in [-0.05, 0) is 19.1 Å². The van der Waals surface area contributed by atoms with Crippen molar-refractivity contribution in [2.75, 3.05) is 18.4 Å². The largest absolute Gasteiger partial charge is 0.370 e. The molecular formula is C13H19N5O2S. The molecule has 0 aliphatic carbocycles. The fraction of sp³-hybridized carbons (Fsp3) is 0.385. The summed E-state index contributed by atoms with van der Waals surface area (Å²) in [5.74, 6) is 0.546. The van der Waals surface area contributed by atoms with Crippen molar-refractivity contribution in [3.63, 3.8) is 0 Å². The molecule has 0 radical (unpaired) electrons. The first-order valence-corrected chi connectivity index (χ1v) is 8.17. The second-order valence-corrected chi connectivity index (χ2v) is 6.30. The van der Waals surface area contributed by atoms with Gasteiger partial charge in [0.25, 0.3) is 0 Å². The van der Waals surface area contributed by atoms with E-state index in [9.17, 15) is 8.42 Å². The van der Waals surface area contributed by atoms with Gasteiger partial charge in [0.2, 0.25) is 10.0 Å². The van der Waals surface area contributed by atoms with Crippen LogP contribution in [0, 0.1) is 0 Å². The Hall–Kier alpha value is -1.93. The van der Waals surface area contributed by atoms with E-state index in [0.29, 0.717) is 25.3 Å². The van der Waals surface area contributed by atoms with Gasteiger partial charge in [-0.15, -0.1) is 0 Å². The summed E-state index contributed by atoms with van der Waals surface area (Å²) in [6.45, 7) is 2.91. The third-order valence-corrected chi connectivity index (χ3v) is 4.30. The zero-order valence-corrected chi connectivity index (χ0v) is 12.9. The van der Waals surface area contributed by atoms with Gasteiger partial charge in [0.1, 0.15) is 5.82 Å². The molecule has 0 aliphatic heterocycles. The lowest BCUT2D eigenvalue weighted by Crippen LogP contribution is -2.26. The van der Waals surface area contributed by atoms with E-state index >= 15 is 0 Å². The van der Waals surface area contributed by atoms with Crippen LogP contribution in [-0.2, 0) is 23.5 Å². The summed E-state index contributed by atoms with van der Waals surface area (Å²) in [7, 11) is -1.70. The van der Waals surface area contributed by atoms with Crippen molar-refractivity contribution in [3.8, 4) is 0 Å². The summed E-state index contributed by atoms with van der Waals surface area (Å²) in [5, 5.41) is 7.19. The van der Waals surface area contributed by atoms with E-state index in [2.05, 4.69) is 20.1 Å². The number of sulfonamides is 1. The molecule has 0 bridgehead atoms. The van der Waals surface area contributed by atoms with Crippen molar-refractivity contribution in [2.45, 2.75) is 18.2 Å². The maximum Gasteiger partial charge on any atom is 0.240 e. The van der Waals surface area contributed by atoms with E-state index < -0.39 is 10.0 Å². The summed E-state index contributed by atoms with van der Waals surface area (Å²) in [6.07, 6.45) is 3.85. The predicted molar refractivity (Wildman–Crippen MR) is 80.5 cm³/mol. The number of pyridine rings is 1. The van der Waals surface area contributed by atoms with Crippen molar-refractivity contribution in [1.82, 2.24) is 19.5 Å². The summed E-state index contributed by atoms with van der Waals surface area (Å²) in [6, 6.07) is 4.86. The molecule has 2 rings (SSSR count). The van der Waals surface area contributed by atoms with Crippen LogP contribution in [0.4, 0.5) is 5.82 Å². The second kappa shape index (κ2) is 6.68. The number of rotatable bonds is 7. The molecule has 0 fully saturated rings. The lowest BCUT2D eigenvalue weighted by molar-refractivity contribution is 0.581. The van der Waals surface area contributed by atoms with Crippen LogP contribution in [0.5, 0.6) is 0 Å². The molecule has 0 spiro atoms. The Morgan fingerprint density at radius 3 is 2.81 bits per heavy atom. The second-order valence-electron chi connectivity index (χ2n) is 4.54. The molecule has 114 valence electrons. The average Bonchev–Trinajstić information content (AvgIpc) is 2.85. The maximum absolute atomic E-state index is 12.2. The molecule has 0 atom stereocenters. The fourth-order valence-corrected chi connectivity index (χ4v) is 2.89. The van der Waals surface area contributed by atoms with Gasteiger partial charge < -0.3 is 5.32 Å². The predicted octanol–water partition coefficient (Wildman–Crippen LogP) is 0.768. The minimum atomic E-state index is -3.53. The molecule has 2 aromatic heterocycles. The van der Waals surface area contributed by atoms with Gasteiger partial charge in [-0.1, -0.05) is 0 Å². The fourth-order valence-electron chi connectivity index (χ4n) is 1.85. The molecule has 0 amide bonds. The van der Waals surface area contributed by atoms with Gasteiger partial charge >= 0.3 is 0 Å². The Morgan fingerprint density at radius 2 is 2.14 bits per heavy atom. The quantitative estimate of drug-likeness (QED) is 0.788. The monoisotopic (exact) mass is 309 g/mol. The molecule has 0 saturated carbocycles. The number of nitrogens with zero attached hydrogens (tertiary/aromatic N) is 3. The topological polar surface area (TPSA) is 88.9 Å². The Morgan fingerprint density at radius 1 is 1.33 bits per heavy atom. The van der Waals surface area contributed by atoms with Crippen LogP contribution in [0.15, 0.2) is 35.5 Å². The molecule has 8 heteroatoms. The van der Waals surface area contributed by atoms with Crippen molar-refractivity contribution < 1.29 is 8.42 Å². The first-order chi connectivity index (χ1) is 10.0. The molecule has 7 nitrogen and oxygen atoms in total. The van der Waals surface area contributed by atoms with Crippen LogP contribution in [0.1, 0.15) is 12.6 Å². The molecule has 0 unspecified atom stereocenters. The van der Waals surface area contributed by atoms with Crippen molar-refractivity contribution >= 4 is 15.8 Å². The van der Waals surface area contributed by atoms with Crippen LogP contribution in [0.3, 0.4) is 0 Å². The minimum Gasteiger partial charge on any atom is -0.370 e. The maximum atomic E-state index is 12.2. The lowest BCUT2D eigenvalue weighted by Gasteiger charge is -2.08. The first kappa shape index (κ1) is 15.5. The van der Waals surface area contributed by atoms with E-state index in [4.69, 9.17) is 0 Å². The van der Waals surface area contributed by atoms with E-state index in [-0.39, 0.29) is 4.90 Å². The highest BCUT2D eigenvalue weighted by molar-refractivity contribution is 7.89. The van der Waals surface area contributed by atoms with E-state index in [1.165, 1.54) is 18.3 Å². The van der Waals surface area contributed by atoms with Gasteiger partial charge in [-0.2, -0.15) is 5.10 Å². The number of anilines is 1. The van der Waals surface area contributed by atoms with E-state index in [1.807, 2.05) is 26.2 Å². The summed E-state index contributed by atoms with van der Waals surface area (Å²) >= 11 is 0. The van der Waals surface area contributed by atoms with Crippen LogP contribution in [-0.4, -0.2) is 36.3 Å². The van der Waals surface area contributed by atoms with Crippen LogP contribution < -0.4 is 10.0 Å². The minimum absolute atomic E-state index is 0.203. The van der Waals surface area contributed by atoms with Crippen LogP contribution in [0.25, 0.3) is 0 Å². The van der Waals surface area contributed by atoms with Crippen molar-refractivity contribution in [3.05, 3.63) is 36.3 Å². The van der Waals surface area contributed by atoms with Crippen molar-refractivity contribution in [2.24, 2.45) is 7.05 Å². The molecule has 2 heterocycles. The number of aromatic nitrogens is 3. The smallest absolute Gasteiger partial charge is 0.240 e. The first-order valence-electron chi connectivity index (χ1n) is 6.69. The van der Waals surface area contributed by atoms with Gasteiger partial charge in [-0.3, -0.25) is 4.68 Å². The van der Waals surface area contributed by atoms with Crippen molar-refractivity contribution in [1.29, 1.82) is 0 Å². The number of hydrogen-bond acceptors (Lipinski definition) is 5. The van der Waals surface area contributed by atoms with Gasteiger partial charge in [0, 0.05) is 45.0 Å². The van der Waals surface area contributed by atoms with Crippen LogP contribution in [0.2, 0.25) is 0 Å². The van der Waals surface area contributed by atoms with E-state index in [1.54, 1.807) is 4.68 Å². The summed E-state index contributed by atoms with van der Waals surface area (Å²) in [4.78, 5) is 4.26. The Balaban J connectivity index is 1.99. The van der Waals surface area contributed by atoms with Gasteiger partial charge in [0.05, 0.1) is 10.6 Å². The Bertz CT molecular complexity index is 696. The standard InChI is InChI=1S/C13H19N5O2S/c1-3-14-13-10-12(5-7-15-13)21(19,20)16-8-4-11-6-9-18(2)17-11/h5-7,9-10,16H,3-4,8H2,1-2H3,(H,14,15). The van der Waals surface area contributed by atoms with Gasteiger partial charge in [0.15, 0.2) is 0 Å². The zero-order chi connectivity index (χ0) is 15.3. The zero-order valence-electron chi connectivity index (χ0n) is 12.1. The summed E-state index contributed by atoms with van der Waals surface area (Å²) < 4.78 is 28.6. The van der Waals surface area contributed by atoms with Crippen LogP contribution >= 0.6 is 0 Å². The number of nitrogens with one attached hydrogen (secondary N) is 2. The SMILES string of the molecule is CCNc1cc(S(=O)(=O)NCCc2ccn(C)n2)ccn1. The number of hydrogen-bond donors (Lipinski definition) is 2. The Labute approximate surface area is 124 Å². The molecule has 2 N–H and O–H groups in total. The van der Waals surface area contributed by atoms with E-state index in [0.717, 1.165) is 5.69 Å². The molecule has 2 aromatic rings. The normalized spacial score (nSPS) is 11.5. The molecule has 0 aromatic carbocycles. The third kappa shape index (κ3) is 4.27. The highest BCUT2D eigenvalue weighted by Crippen LogP contribution is 2.12. The molecule has 0 saturated heterocycles. The molecule has 21 heavy (non-hydrogen) atoms. The highest BCUT2D eigenvalue weighted by atomic mass is 32.2. The van der Waals surface area contributed by atoms with Gasteiger partial charge in [-0.25, -0.2) is 18.1 Å². The number of aryl methyl sites for hydroxylation is 1. The Kier molecular flexibility index (Phi) is 4.92. The third-order valence-electron chi connectivity index (χ3n) is 2.84. The lowest BCUT2D eigenvalue weighted by atomic mass is 10.3. The highest BCUT2D eigenvalue weighted by Gasteiger charge is 2.14. The average molecular weight is 309 g/mol. The molecular weight excluding hydrogens is 290 g/mol. The molecule has 0 aliphatic rings.